The normalized spacial score (nSPS) is 12.9. The molecule has 0 aliphatic carbocycles. The number of rotatable bonds is 51. The molecule has 1 amide bonds. The highest BCUT2D eigenvalue weighted by Gasteiger charge is 2.20. The van der Waals surface area contributed by atoms with Gasteiger partial charge in [-0.1, -0.05) is 230 Å². The van der Waals surface area contributed by atoms with E-state index in [1.54, 1.807) is 0 Å². The SMILES string of the molecule is CCCCCC/C=C\C/C=C\CCCCCCCCCC(=O)OCCCCCCCCCCC/C=C\CCCCCCCC(=O)NC(CO)C(O)CCCCCCCCCCCC. The van der Waals surface area contributed by atoms with Gasteiger partial charge in [-0.3, -0.25) is 9.59 Å². The predicted molar refractivity (Wildman–Crippen MR) is 273 cm³/mol. The van der Waals surface area contributed by atoms with E-state index >= 15 is 0 Å². The standard InChI is InChI=1S/C57H107NO5/c1-3-5-7-9-11-13-15-16-17-18-22-25-28-31-35-39-43-47-51-57(62)63-52-48-44-40-36-32-29-26-23-20-19-21-24-27-30-34-38-42-46-50-56(61)58-54(53-59)55(60)49-45-41-37-33-14-12-10-8-6-4-2/h13,15,17-18,21,24,54-55,59-60H,3-12,14,16,19-20,22-23,25-53H2,1-2H3,(H,58,61)/b15-13-,18-17-,24-21-. The molecule has 0 rings (SSSR count). The van der Waals surface area contributed by atoms with E-state index in [-0.39, 0.29) is 18.5 Å². The third-order valence-electron chi connectivity index (χ3n) is 12.7. The molecule has 2 unspecified atom stereocenters. The van der Waals surface area contributed by atoms with Crippen molar-refractivity contribution in [3.05, 3.63) is 36.5 Å². The Bertz CT molecular complexity index is 1020. The first kappa shape index (κ1) is 61.1. The maximum Gasteiger partial charge on any atom is 0.305 e. The number of unbranched alkanes of at least 4 members (excludes halogenated alkanes) is 34. The minimum Gasteiger partial charge on any atom is -0.466 e. The Morgan fingerprint density at radius 1 is 0.444 bits per heavy atom. The van der Waals surface area contributed by atoms with Gasteiger partial charge in [-0.05, 0) is 83.5 Å². The van der Waals surface area contributed by atoms with Gasteiger partial charge in [0, 0.05) is 12.8 Å². The third-order valence-corrected chi connectivity index (χ3v) is 12.7. The summed E-state index contributed by atoms with van der Waals surface area (Å²) in [5, 5.41) is 23.1. The van der Waals surface area contributed by atoms with Crippen LogP contribution in [0.5, 0.6) is 0 Å². The molecule has 0 heterocycles. The Balaban J connectivity index is 3.43. The maximum atomic E-state index is 12.4. The number of carbonyl (C=O) groups excluding carboxylic acids is 2. The van der Waals surface area contributed by atoms with Crippen LogP contribution in [-0.2, 0) is 14.3 Å². The van der Waals surface area contributed by atoms with Gasteiger partial charge in [0.2, 0.25) is 5.91 Å². The average molecular weight is 886 g/mol. The van der Waals surface area contributed by atoms with Crippen LogP contribution in [0.2, 0.25) is 0 Å². The Kier molecular flexibility index (Phi) is 51.1. The minimum absolute atomic E-state index is 0.00484. The number of aliphatic hydroxyl groups is 2. The summed E-state index contributed by atoms with van der Waals surface area (Å²) in [5.41, 5.74) is 0. The molecule has 0 aromatic carbocycles. The van der Waals surface area contributed by atoms with Gasteiger partial charge in [0.05, 0.1) is 25.4 Å². The number of amides is 1. The first-order valence-electron chi connectivity index (χ1n) is 27.7. The Morgan fingerprint density at radius 2 is 0.794 bits per heavy atom. The van der Waals surface area contributed by atoms with Gasteiger partial charge in [0.1, 0.15) is 0 Å². The molecular weight excluding hydrogens is 779 g/mol. The lowest BCUT2D eigenvalue weighted by atomic mass is 10.0. The van der Waals surface area contributed by atoms with Crippen molar-refractivity contribution in [1.82, 2.24) is 5.32 Å². The zero-order chi connectivity index (χ0) is 45.8. The van der Waals surface area contributed by atoms with Crippen LogP contribution < -0.4 is 5.32 Å². The number of ether oxygens (including phenoxy) is 1. The van der Waals surface area contributed by atoms with E-state index < -0.39 is 12.1 Å². The van der Waals surface area contributed by atoms with Crippen molar-refractivity contribution in [2.45, 2.75) is 302 Å². The summed E-state index contributed by atoms with van der Waals surface area (Å²) >= 11 is 0. The van der Waals surface area contributed by atoms with E-state index in [0.29, 0.717) is 25.9 Å². The van der Waals surface area contributed by atoms with E-state index in [1.807, 2.05) is 0 Å². The summed E-state index contributed by atoms with van der Waals surface area (Å²) < 4.78 is 5.48. The van der Waals surface area contributed by atoms with Gasteiger partial charge in [-0.25, -0.2) is 0 Å². The summed E-state index contributed by atoms with van der Waals surface area (Å²) in [6.45, 7) is 4.90. The summed E-state index contributed by atoms with van der Waals surface area (Å²) in [4.78, 5) is 24.5. The second-order valence-corrected chi connectivity index (χ2v) is 18.9. The van der Waals surface area contributed by atoms with Gasteiger partial charge in [-0.2, -0.15) is 0 Å². The second-order valence-electron chi connectivity index (χ2n) is 18.9. The molecule has 0 aromatic heterocycles. The molecule has 2 atom stereocenters. The van der Waals surface area contributed by atoms with Crippen molar-refractivity contribution in [3.8, 4) is 0 Å². The summed E-state index contributed by atoms with van der Waals surface area (Å²) in [6, 6.07) is -0.550. The fourth-order valence-corrected chi connectivity index (χ4v) is 8.37. The van der Waals surface area contributed by atoms with E-state index in [2.05, 4.69) is 55.6 Å². The number of aliphatic hydroxyl groups excluding tert-OH is 2. The molecular formula is C57H107NO5. The summed E-state index contributed by atoms with van der Waals surface area (Å²) in [7, 11) is 0. The van der Waals surface area contributed by atoms with E-state index in [4.69, 9.17) is 4.74 Å². The lowest BCUT2D eigenvalue weighted by Gasteiger charge is -2.22. The smallest absolute Gasteiger partial charge is 0.305 e. The number of hydrogen-bond donors (Lipinski definition) is 3. The lowest BCUT2D eigenvalue weighted by molar-refractivity contribution is -0.143. The number of esters is 1. The third kappa shape index (κ3) is 49.4. The molecule has 0 aliphatic rings. The molecule has 370 valence electrons. The maximum absolute atomic E-state index is 12.4. The topological polar surface area (TPSA) is 95.9 Å². The average Bonchev–Trinajstić information content (AvgIpc) is 3.28. The van der Waals surface area contributed by atoms with Gasteiger partial charge in [-0.15, -0.1) is 0 Å². The largest absolute Gasteiger partial charge is 0.466 e. The highest BCUT2D eigenvalue weighted by molar-refractivity contribution is 5.76. The van der Waals surface area contributed by atoms with E-state index in [1.165, 1.54) is 193 Å². The number of nitrogens with one attached hydrogen (secondary N) is 1. The Hall–Kier alpha value is -1.92. The fraction of sp³-hybridized carbons (Fsp3) is 0.860. The van der Waals surface area contributed by atoms with Crippen molar-refractivity contribution < 1.29 is 24.5 Å². The van der Waals surface area contributed by atoms with Crippen LogP contribution in [0, 0.1) is 0 Å². The van der Waals surface area contributed by atoms with E-state index in [0.717, 1.165) is 64.2 Å². The van der Waals surface area contributed by atoms with Crippen LogP contribution in [0.15, 0.2) is 36.5 Å². The summed E-state index contributed by atoms with van der Waals surface area (Å²) in [6.07, 6.45) is 64.2. The quantitative estimate of drug-likeness (QED) is 0.0321. The van der Waals surface area contributed by atoms with Crippen molar-refractivity contribution in [3.63, 3.8) is 0 Å². The van der Waals surface area contributed by atoms with Crippen LogP contribution in [0.3, 0.4) is 0 Å². The highest BCUT2D eigenvalue weighted by Crippen LogP contribution is 2.16. The number of carbonyl (C=O) groups is 2. The first-order chi connectivity index (χ1) is 31.0. The van der Waals surface area contributed by atoms with Gasteiger partial charge < -0.3 is 20.3 Å². The predicted octanol–water partition coefficient (Wildman–Crippen LogP) is 16.9. The molecule has 6 nitrogen and oxygen atoms in total. The zero-order valence-corrected chi connectivity index (χ0v) is 42.1. The minimum atomic E-state index is -0.671. The molecule has 6 heteroatoms. The molecule has 0 aromatic rings. The van der Waals surface area contributed by atoms with Gasteiger partial charge >= 0.3 is 5.97 Å². The Morgan fingerprint density at radius 3 is 1.24 bits per heavy atom. The molecule has 0 spiro atoms. The fourth-order valence-electron chi connectivity index (χ4n) is 8.37. The van der Waals surface area contributed by atoms with Gasteiger partial charge in [0.25, 0.3) is 0 Å². The van der Waals surface area contributed by atoms with Crippen LogP contribution >= 0.6 is 0 Å². The molecule has 0 saturated carbocycles. The van der Waals surface area contributed by atoms with Crippen molar-refractivity contribution >= 4 is 11.9 Å². The van der Waals surface area contributed by atoms with Crippen LogP contribution in [0.25, 0.3) is 0 Å². The number of allylic oxidation sites excluding steroid dienone is 6. The van der Waals surface area contributed by atoms with Crippen molar-refractivity contribution in [2.24, 2.45) is 0 Å². The molecule has 63 heavy (non-hydrogen) atoms. The Labute approximate surface area is 392 Å². The highest BCUT2D eigenvalue weighted by atomic mass is 16.5. The molecule has 3 N–H and O–H groups in total. The van der Waals surface area contributed by atoms with Crippen LogP contribution in [0.4, 0.5) is 0 Å². The van der Waals surface area contributed by atoms with Crippen molar-refractivity contribution in [1.29, 1.82) is 0 Å². The second kappa shape index (κ2) is 52.7. The van der Waals surface area contributed by atoms with Crippen molar-refractivity contribution in [2.75, 3.05) is 13.2 Å². The molecule has 0 bridgehead atoms. The molecule has 0 fully saturated rings. The summed E-state index contributed by atoms with van der Waals surface area (Å²) in [5.74, 6) is -0.0565. The molecule has 0 radical (unpaired) electrons. The van der Waals surface area contributed by atoms with E-state index in [9.17, 15) is 19.8 Å². The van der Waals surface area contributed by atoms with Crippen LogP contribution in [0.1, 0.15) is 290 Å². The van der Waals surface area contributed by atoms with Gasteiger partial charge in [0.15, 0.2) is 0 Å². The number of hydrogen-bond acceptors (Lipinski definition) is 5. The molecule has 0 saturated heterocycles. The molecule has 0 aliphatic heterocycles. The monoisotopic (exact) mass is 886 g/mol. The zero-order valence-electron chi connectivity index (χ0n) is 42.1. The lowest BCUT2D eigenvalue weighted by Crippen LogP contribution is -2.45. The first-order valence-corrected chi connectivity index (χ1v) is 27.7. The van der Waals surface area contributed by atoms with Crippen LogP contribution in [-0.4, -0.2) is 47.4 Å².